The van der Waals surface area contributed by atoms with E-state index in [-0.39, 0.29) is 11.6 Å². The number of rotatable bonds is 2. The molecule has 17 heavy (non-hydrogen) atoms. The van der Waals surface area contributed by atoms with E-state index in [4.69, 9.17) is 0 Å². The Morgan fingerprint density at radius 1 is 1.24 bits per heavy atom. The third-order valence-electron chi connectivity index (χ3n) is 3.65. The number of allylic oxidation sites excluding steroid dienone is 2. The van der Waals surface area contributed by atoms with Crippen LogP contribution in [-0.2, 0) is 11.2 Å². The van der Waals surface area contributed by atoms with Crippen molar-refractivity contribution in [1.82, 2.24) is 0 Å². The minimum Gasteiger partial charge on any atom is -0.294 e. The van der Waals surface area contributed by atoms with Crippen LogP contribution in [0.3, 0.4) is 0 Å². The molecule has 0 heterocycles. The molecule has 0 aromatic heterocycles. The minimum atomic E-state index is -0.0541. The molecule has 0 saturated heterocycles. The third kappa shape index (κ3) is 1.64. The molecule has 0 spiro atoms. The highest BCUT2D eigenvalue weighted by Gasteiger charge is 2.30. The lowest BCUT2D eigenvalue weighted by molar-refractivity contribution is -0.115. The van der Waals surface area contributed by atoms with Crippen LogP contribution >= 0.6 is 0 Å². The van der Waals surface area contributed by atoms with Gasteiger partial charge in [0.1, 0.15) is 0 Å². The molecule has 2 aliphatic rings. The van der Waals surface area contributed by atoms with Crippen molar-refractivity contribution in [3.8, 4) is 0 Å². The molecule has 0 unspecified atom stereocenters. The normalized spacial score (nSPS) is 18.1. The Kier molecular flexibility index (Phi) is 2.25. The zero-order chi connectivity index (χ0) is 12.0. The molecular formula is C15H14O2. The van der Waals surface area contributed by atoms with E-state index in [0.717, 1.165) is 36.0 Å². The van der Waals surface area contributed by atoms with Gasteiger partial charge in [0, 0.05) is 12.0 Å². The number of ketones is 2. The molecule has 2 heteroatoms. The lowest BCUT2D eigenvalue weighted by Gasteiger charge is -2.15. The van der Waals surface area contributed by atoms with Gasteiger partial charge in [-0.25, -0.2) is 0 Å². The van der Waals surface area contributed by atoms with Gasteiger partial charge in [-0.2, -0.15) is 0 Å². The van der Waals surface area contributed by atoms with Gasteiger partial charge in [-0.3, -0.25) is 9.59 Å². The number of Topliss-reactive ketones (excluding diaryl/α,β-unsaturated/α-hetero) is 2. The Bertz CT molecular complexity index is 564. The molecule has 1 aromatic carbocycles. The van der Waals surface area contributed by atoms with Gasteiger partial charge < -0.3 is 0 Å². The van der Waals surface area contributed by atoms with Crippen LogP contribution in [0.5, 0.6) is 0 Å². The average molecular weight is 226 g/mol. The summed E-state index contributed by atoms with van der Waals surface area (Å²) in [4.78, 5) is 24.3. The molecule has 1 aromatic rings. The van der Waals surface area contributed by atoms with Crippen molar-refractivity contribution in [3.05, 3.63) is 46.0 Å². The zero-order valence-electron chi connectivity index (χ0n) is 9.88. The number of fused-ring (bicyclic) bond motifs is 1. The summed E-state index contributed by atoms with van der Waals surface area (Å²) in [6, 6.07) is 5.79. The van der Waals surface area contributed by atoms with Crippen LogP contribution in [0, 0.1) is 0 Å². The molecule has 0 atom stereocenters. The maximum absolute atomic E-state index is 12.4. The summed E-state index contributed by atoms with van der Waals surface area (Å²) in [5.74, 6) is -0.0291. The highest BCUT2D eigenvalue weighted by Crippen LogP contribution is 2.34. The molecule has 2 aliphatic carbocycles. The summed E-state index contributed by atoms with van der Waals surface area (Å²) in [6.45, 7) is 1.91. The second-order valence-corrected chi connectivity index (χ2v) is 4.88. The van der Waals surface area contributed by atoms with Crippen LogP contribution in [-0.4, -0.2) is 11.6 Å². The van der Waals surface area contributed by atoms with Gasteiger partial charge in [0.05, 0.1) is 5.57 Å². The molecule has 0 fully saturated rings. The topological polar surface area (TPSA) is 34.1 Å². The fourth-order valence-corrected chi connectivity index (χ4v) is 2.61. The molecule has 3 rings (SSSR count). The summed E-state index contributed by atoms with van der Waals surface area (Å²) in [6.07, 6.45) is 3.19. The molecule has 0 aliphatic heterocycles. The Morgan fingerprint density at radius 3 is 2.82 bits per heavy atom. The molecule has 2 nitrogen and oxygen atoms in total. The van der Waals surface area contributed by atoms with Crippen molar-refractivity contribution in [3.63, 3.8) is 0 Å². The largest absolute Gasteiger partial charge is 0.294 e. The molecule has 0 N–H and O–H groups in total. The van der Waals surface area contributed by atoms with Crippen molar-refractivity contribution >= 4 is 11.6 Å². The maximum Gasteiger partial charge on any atom is 0.196 e. The van der Waals surface area contributed by atoms with Crippen molar-refractivity contribution < 1.29 is 9.59 Å². The summed E-state index contributed by atoms with van der Waals surface area (Å²) in [5, 5.41) is 0. The highest BCUT2D eigenvalue weighted by molar-refractivity contribution is 6.27. The van der Waals surface area contributed by atoms with E-state index < -0.39 is 0 Å². The van der Waals surface area contributed by atoms with E-state index in [0.29, 0.717) is 12.0 Å². The van der Waals surface area contributed by atoms with Crippen molar-refractivity contribution in [2.24, 2.45) is 0 Å². The SMILES string of the molecule is CC1=C(C(=O)c2cccc3c2C3)C(=O)CCC1. The molecule has 0 saturated carbocycles. The highest BCUT2D eigenvalue weighted by atomic mass is 16.1. The van der Waals surface area contributed by atoms with Crippen LogP contribution < -0.4 is 0 Å². The van der Waals surface area contributed by atoms with E-state index in [9.17, 15) is 9.59 Å². The van der Waals surface area contributed by atoms with Crippen LogP contribution in [0.25, 0.3) is 0 Å². The van der Waals surface area contributed by atoms with Gasteiger partial charge >= 0.3 is 0 Å². The Labute approximate surface area is 100 Å². The van der Waals surface area contributed by atoms with E-state index in [1.165, 1.54) is 5.56 Å². The first-order chi connectivity index (χ1) is 8.18. The van der Waals surface area contributed by atoms with Crippen molar-refractivity contribution in [2.75, 3.05) is 0 Å². The molecule has 0 bridgehead atoms. The summed E-state index contributed by atoms with van der Waals surface area (Å²) < 4.78 is 0. The van der Waals surface area contributed by atoms with E-state index >= 15 is 0 Å². The van der Waals surface area contributed by atoms with Gasteiger partial charge in [0.15, 0.2) is 11.6 Å². The molecular weight excluding hydrogens is 212 g/mol. The standard InChI is InChI=1S/C15H14O2/c1-9-4-2-7-13(16)14(9)15(17)11-6-3-5-10-8-12(10)11/h3,5-6H,2,4,7-8H2,1H3. The third-order valence-corrected chi connectivity index (χ3v) is 3.65. The number of hydrogen-bond acceptors (Lipinski definition) is 2. The molecule has 0 radical (unpaired) electrons. The summed E-state index contributed by atoms with van der Waals surface area (Å²) >= 11 is 0. The van der Waals surface area contributed by atoms with Gasteiger partial charge in [-0.1, -0.05) is 23.8 Å². The molecule has 86 valence electrons. The lowest BCUT2D eigenvalue weighted by atomic mass is 9.87. The Balaban J connectivity index is 2.03. The zero-order valence-corrected chi connectivity index (χ0v) is 9.88. The van der Waals surface area contributed by atoms with Gasteiger partial charge in [0.2, 0.25) is 0 Å². The smallest absolute Gasteiger partial charge is 0.196 e. The van der Waals surface area contributed by atoms with Crippen LogP contribution in [0.15, 0.2) is 29.3 Å². The number of hydrogen-bond donors (Lipinski definition) is 0. The lowest BCUT2D eigenvalue weighted by Crippen LogP contribution is -2.18. The first-order valence-electron chi connectivity index (χ1n) is 6.07. The van der Waals surface area contributed by atoms with Gasteiger partial charge in [0.25, 0.3) is 0 Å². The fraction of sp³-hybridized carbons (Fsp3) is 0.333. The minimum absolute atomic E-state index is 0.0250. The fourth-order valence-electron chi connectivity index (χ4n) is 2.61. The van der Waals surface area contributed by atoms with Gasteiger partial charge in [-0.05, 0) is 37.3 Å². The van der Waals surface area contributed by atoms with Crippen LogP contribution in [0.1, 0.15) is 47.7 Å². The average Bonchev–Trinajstić information content (AvgIpc) is 3.07. The van der Waals surface area contributed by atoms with E-state index in [2.05, 4.69) is 0 Å². The Morgan fingerprint density at radius 2 is 2.06 bits per heavy atom. The quantitative estimate of drug-likeness (QED) is 0.583. The van der Waals surface area contributed by atoms with Gasteiger partial charge in [-0.15, -0.1) is 0 Å². The summed E-state index contributed by atoms with van der Waals surface area (Å²) in [5.41, 5.74) is 4.54. The number of carbonyl (C=O) groups excluding carboxylic acids is 2. The van der Waals surface area contributed by atoms with E-state index in [1.807, 2.05) is 25.1 Å². The van der Waals surface area contributed by atoms with Crippen LogP contribution in [0.4, 0.5) is 0 Å². The first-order valence-corrected chi connectivity index (χ1v) is 6.07. The van der Waals surface area contributed by atoms with Crippen molar-refractivity contribution in [1.29, 1.82) is 0 Å². The number of carbonyl (C=O) groups is 2. The monoisotopic (exact) mass is 226 g/mol. The van der Waals surface area contributed by atoms with Crippen molar-refractivity contribution in [2.45, 2.75) is 32.6 Å². The van der Waals surface area contributed by atoms with Crippen LogP contribution in [0.2, 0.25) is 0 Å². The predicted octanol–water partition coefficient (Wildman–Crippen LogP) is 2.84. The molecule has 0 amide bonds. The second-order valence-electron chi connectivity index (χ2n) is 4.88. The predicted molar refractivity (Wildman–Crippen MR) is 65.1 cm³/mol. The maximum atomic E-state index is 12.4. The van der Waals surface area contributed by atoms with E-state index in [1.54, 1.807) is 0 Å². The Hall–Kier alpha value is -1.70. The summed E-state index contributed by atoms with van der Waals surface area (Å²) in [7, 11) is 0. The number of benzene rings is 1. The second kappa shape index (κ2) is 3.66. The first kappa shape index (κ1) is 10.5.